The van der Waals surface area contributed by atoms with E-state index in [-0.39, 0.29) is 0 Å². The number of rotatable bonds is 11. The van der Waals surface area contributed by atoms with Gasteiger partial charge < -0.3 is 0 Å². The van der Waals surface area contributed by atoms with Gasteiger partial charge in [0.05, 0.1) is 18.5 Å². The van der Waals surface area contributed by atoms with Crippen LogP contribution < -0.4 is 0 Å². The summed E-state index contributed by atoms with van der Waals surface area (Å²) in [6, 6.07) is 0. The number of nitrogens with zero attached hydrogens (tertiary/aromatic N) is 4. The van der Waals surface area contributed by atoms with E-state index in [1.54, 1.807) is 0 Å². The first kappa shape index (κ1) is 22.2. The highest BCUT2D eigenvalue weighted by atomic mass is 127. The van der Waals surface area contributed by atoms with Crippen LogP contribution in [0, 0.1) is 34.8 Å². The van der Waals surface area contributed by atoms with Crippen LogP contribution in [0.15, 0.2) is 0 Å². The molecular weight excluding hydrogens is 550 g/mol. The molecule has 2 heterocycles. The average Bonchev–Trinajstić information content (AvgIpc) is 3.01. The summed E-state index contributed by atoms with van der Waals surface area (Å²) in [6.45, 7) is 10.7. The normalized spacial score (nSPS) is 11.5. The van der Waals surface area contributed by atoms with E-state index in [0.29, 0.717) is 0 Å². The van der Waals surface area contributed by atoms with E-state index in [9.17, 15) is 0 Å². The van der Waals surface area contributed by atoms with E-state index < -0.39 is 0 Å². The van der Waals surface area contributed by atoms with Crippen LogP contribution in [0.1, 0.15) is 74.1 Å². The topological polar surface area (TPSA) is 35.6 Å². The van der Waals surface area contributed by atoms with E-state index in [0.717, 1.165) is 13.1 Å². The predicted octanol–water partition coefficient (Wildman–Crippen LogP) is 6.34. The van der Waals surface area contributed by atoms with Crippen molar-refractivity contribution in [1.82, 2.24) is 19.6 Å². The van der Waals surface area contributed by atoms with E-state index in [1.165, 1.54) is 81.3 Å². The van der Waals surface area contributed by atoms with E-state index in [1.807, 2.05) is 0 Å². The summed E-state index contributed by atoms with van der Waals surface area (Å²) in [5.74, 6) is 0. The van der Waals surface area contributed by atoms with Gasteiger partial charge in [0.25, 0.3) is 0 Å². The van der Waals surface area contributed by atoms with Gasteiger partial charge in [-0.3, -0.25) is 9.36 Å². The van der Waals surface area contributed by atoms with Crippen LogP contribution in [0.2, 0.25) is 0 Å². The van der Waals surface area contributed by atoms with Gasteiger partial charge in [-0.25, -0.2) is 0 Å². The van der Waals surface area contributed by atoms with Crippen LogP contribution in [0.5, 0.6) is 0 Å². The zero-order valence-corrected chi connectivity index (χ0v) is 20.9. The molecule has 0 saturated carbocycles. The van der Waals surface area contributed by atoms with Crippen molar-refractivity contribution in [2.24, 2.45) is 0 Å². The molecule has 0 saturated heterocycles. The SMILES string of the molecule is Cc1nn(CCCCCCCCCCn2nc(C)c(I)c2C)c(C)c1I. The number of aryl methyl sites for hydroxylation is 4. The quantitative estimate of drug-likeness (QED) is 0.229. The molecule has 0 aliphatic heterocycles. The van der Waals surface area contributed by atoms with Gasteiger partial charge in [0.2, 0.25) is 0 Å². The first-order valence-corrected chi connectivity index (χ1v) is 12.0. The fourth-order valence-electron chi connectivity index (χ4n) is 3.37. The van der Waals surface area contributed by atoms with Gasteiger partial charge in [0.15, 0.2) is 0 Å². The number of unbranched alkanes of at least 4 members (excludes halogenated alkanes) is 7. The number of halogens is 2. The van der Waals surface area contributed by atoms with Gasteiger partial charge in [0, 0.05) is 24.5 Å². The first-order valence-electron chi connectivity index (χ1n) is 9.80. The molecule has 0 atom stereocenters. The zero-order valence-electron chi connectivity index (χ0n) is 16.6. The molecule has 0 aliphatic carbocycles. The summed E-state index contributed by atoms with van der Waals surface area (Å²) in [5, 5.41) is 9.23. The molecule has 2 aromatic heterocycles. The molecule has 146 valence electrons. The number of aromatic nitrogens is 4. The van der Waals surface area contributed by atoms with Crippen molar-refractivity contribution >= 4 is 45.2 Å². The molecule has 0 radical (unpaired) electrons. The van der Waals surface area contributed by atoms with Crippen molar-refractivity contribution in [3.05, 3.63) is 29.9 Å². The molecule has 0 aliphatic rings. The molecule has 4 nitrogen and oxygen atoms in total. The van der Waals surface area contributed by atoms with E-state index in [2.05, 4.69) is 92.4 Å². The second-order valence-corrected chi connectivity index (χ2v) is 9.40. The summed E-state index contributed by atoms with van der Waals surface area (Å²) in [6.07, 6.45) is 10.6. The van der Waals surface area contributed by atoms with Gasteiger partial charge in [-0.1, -0.05) is 38.5 Å². The van der Waals surface area contributed by atoms with Crippen LogP contribution in [-0.4, -0.2) is 19.6 Å². The van der Waals surface area contributed by atoms with Crippen molar-refractivity contribution in [3.63, 3.8) is 0 Å². The maximum absolute atomic E-state index is 4.62. The molecule has 0 amide bonds. The lowest BCUT2D eigenvalue weighted by Crippen LogP contribution is -2.03. The Bertz CT molecular complexity index is 643. The van der Waals surface area contributed by atoms with Crippen molar-refractivity contribution in [2.75, 3.05) is 0 Å². The largest absolute Gasteiger partial charge is 0.269 e. The van der Waals surface area contributed by atoms with E-state index >= 15 is 0 Å². The molecule has 0 aromatic carbocycles. The molecule has 0 spiro atoms. The summed E-state index contributed by atoms with van der Waals surface area (Å²) in [5.41, 5.74) is 4.97. The van der Waals surface area contributed by atoms with Crippen molar-refractivity contribution < 1.29 is 0 Å². The van der Waals surface area contributed by atoms with Crippen LogP contribution in [0.4, 0.5) is 0 Å². The van der Waals surface area contributed by atoms with Crippen molar-refractivity contribution in [1.29, 1.82) is 0 Å². The molecule has 0 unspecified atom stereocenters. The molecule has 0 N–H and O–H groups in total. The smallest absolute Gasteiger partial charge is 0.0729 e. The molecule has 0 bridgehead atoms. The summed E-state index contributed by atoms with van der Waals surface area (Å²) >= 11 is 4.80. The molecule has 2 rings (SSSR count). The van der Waals surface area contributed by atoms with Crippen molar-refractivity contribution in [2.45, 2.75) is 92.2 Å². The minimum atomic E-state index is 1.07. The van der Waals surface area contributed by atoms with Crippen LogP contribution in [0.3, 0.4) is 0 Å². The average molecular weight is 582 g/mol. The van der Waals surface area contributed by atoms with E-state index in [4.69, 9.17) is 0 Å². The maximum atomic E-state index is 4.62. The van der Waals surface area contributed by atoms with Gasteiger partial charge >= 0.3 is 0 Å². The minimum absolute atomic E-state index is 1.07. The van der Waals surface area contributed by atoms with Gasteiger partial charge in [-0.15, -0.1) is 0 Å². The second-order valence-electron chi connectivity index (χ2n) is 7.24. The molecule has 26 heavy (non-hydrogen) atoms. The fraction of sp³-hybridized carbons (Fsp3) is 0.700. The summed E-state index contributed by atoms with van der Waals surface area (Å²) < 4.78 is 6.99. The summed E-state index contributed by atoms with van der Waals surface area (Å²) in [4.78, 5) is 0. The highest BCUT2D eigenvalue weighted by molar-refractivity contribution is 14.1. The van der Waals surface area contributed by atoms with Gasteiger partial charge in [-0.2, -0.15) is 10.2 Å². The molecule has 2 aromatic rings. The highest BCUT2D eigenvalue weighted by Crippen LogP contribution is 2.17. The Labute approximate surface area is 185 Å². The predicted molar refractivity (Wildman–Crippen MR) is 126 cm³/mol. The summed E-state index contributed by atoms with van der Waals surface area (Å²) in [7, 11) is 0. The monoisotopic (exact) mass is 582 g/mol. The highest BCUT2D eigenvalue weighted by Gasteiger charge is 2.08. The van der Waals surface area contributed by atoms with Crippen molar-refractivity contribution in [3.8, 4) is 0 Å². The standard InChI is InChI=1S/C20H32I2N4/c1-15-19(21)17(3)25(23-15)13-11-9-7-5-6-8-10-12-14-26-18(4)20(22)16(2)24-26/h5-14H2,1-4H3. The fourth-order valence-corrected chi connectivity index (χ4v) is 4.14. The van der Waals surface area contributed by atoms with Crippen LogP contribution in [0.25, 0.3) is 0 Å². The molecule has 0 fully saturated rings. The second kappa shape index (κ2) is 11.0. The Morgan fingerprint density at radius 2 is 0.885 bits per heavy atom. The van der Waals surface area contributed by atoms with Gasteiger partial charge in [0.1, 0.15) is 0 Å². The van der Waals surface area contributed by atoms with Crippen LogP contribution >= 0.6 is 45.2 Å². The lowest BCUT2D eigenvalue weighted by Gasteiger charge is -2.06. The zero-order chi connectivity index (χ0) is 19.1. The number of hydrogen-bond acceptors (Lipinski definition) is 2. The number of hydrogen-bond donors (Lipinski definition) is 0. The molecule has 6 heteroatoms. The lowest BCUT2D eigenvalue weighted by molar-refractivity contribution is 0.495. The third-order valence-corrected chi connectivity index (χ3v) is 8.20. The third kappa shape index (κ3) is 6.21. The van der Waals surface area contributed by atoms with Crippen LogP contribution in [-0.2, 0) is 13.1 Å². The Hall–Kier alpha value is -0.120. The maximum Gasteiger partial charge on any atom is 0.0729 e. The third-order valence-electron chi connectivity index (χ3n) is 5.08. The Kier molecular flexibility index (Phi) is 9.40. The molecular formula is C20H32I2N4. The first-order chi connectivity index (χ1) is 12.4. The minimum Gasteiger partial charge on any atom is -0.269 e. The Balaban J connectivity index is 1.48. The Morgan fingerprint density at radius 1 is 0.577 bits per heavy atom. The lowest BCUT2D eigenvalue weighted by atomic mass is 10.1. The van der Waals surface area contributed by atoms with Gasteiger partial charge in [-0.05, 0) is 85.7 Å². The Morgan fingerprint density at radius 3 is 1.15 bits per heavy atom.